The zero-order chi connectivity index (χ0) is 15.8. The van der Waals surface area contributed by atoms with Crippen LogP contribution in [0.15, 0.2) is 17.3 Å². The highest BCUT2D eigenvalue weighted by atomic mass is 16.6. The largest absolute Gasteiger partial charge is 0.480 e. The van der Waals surface area contributed by atoms with Crippen molar-refractivity contribution < 1.29 is 24.4 Å². The first-order valence-corrected chi connectivity index (χ1v) is 6.10. The monoisotopic (exact) mass is 294 g/mol. The summed E-state index contributed by atoms with van der Waals surface area (Å²) in [6.07, 6.45) is 0.248. The summed E-state index contributed by atoms with van der Waals surface area (Å²) in [5, 5.41) is 23.5. The van der Waals surface area contributed by atoms with Crippen LogP contribution in [0.5, 0.6) is 5.75 Å². The Morgan fingerprint density at radius 1 is 1.52 bits per heavy atom. The van der Waals surface area contributed by atoms with Crippen LogP contribution in [0.2, 0.25) is 0 Å². The number of benzene rings is 1. The Labute approximate surface area is 120 Å². The molecule has 1 aliphatic rings. The molecular weight excluding hydrogens is 280 g/mol. The zero-order valence-electron chi connectivity index (χ0n) is 11.7. The van der Waals surface area contributed by atoms with Gasteiger partial charge in [0.1, 0.15) is 5.60 Å². The summed E-state index contributed by atoms with van der Waals surface area (Å²) in [5.41, 5.74) is -0.706. The fourth-order valence-electron chi connectivity index (χ4n) is 2.21. The lowest BCUT2D eigenvalue weighted by Gasteiger charge is -2.32. The third kappa shape index (κ3) is 2.64. The van der Waals surface area contributed by atoms with Crippen LogP contribution >= 0.6 is 0 Å². The number of esters is 1. The standard InChI is InChI=1S/C13H14N2O6/c1-13(2)6-9(14-17)8-4-7(12(16)20-3)5-10(15(18)19)11(8)21-13/h4-5,17H,6H2,1-3H3. The fraction of sp³-hybridized carbons (Fsp3) is 0.385. The molecule has 0 bridgehead atoms. The summed E-state index contributed by atoms with van der Waals surface area (Å²) >= 11 is 0. The molecule has 0 fully saturated rings. The lowest BCUT2D eigenvalue weighted by Crippen LogP contribution is -2.36. The van der Waals surface area contributed by atoms with Gasteiger partial charge in [-0.1, -0.05) is 5.16 Å². The van der Waals surface area contributed by atoms with Crippen molar-refractivity contribution in [2.75, 3.05) is 7.11 Å². The molecule has 2 rings (SSSR count). The SMILES string of the molecule is COC(=O)c1cc2c(c([N+](=O)[O-])c1)OC(C)(C)CC2=NO. The van der Waals surface area contributed by atoms with Crippen LogP contribution in [-0.4, -0.2) is 34.5 Å². The third-order valence-corrected chi connectivity index (χ3v) is 3.09. The minimum Gasteiger partial charge on any atom is -0.480 e. The number of nitrogens with zero attached hydrogens (tertiary/aromatic N) is 2. The Balaban J connectivity index is 2.73. The quantitative estimate of drug-likeness (QED) is 0.387. The van der Waals surface area contributed by atoms with Gasteiger partial charge in [-0.05, 0) is 19.9 Å². The van der Waals surface area contributed by atoms with Gasteiger partial charge in [0, 0.05) is 18.1 Å². The molecule has 0 saturated carbocycles. The van der Waals surface area contributed by atoms with Gasteiger partial charge in [-0.15, -0.1) is 0 Å². The van der Waals surface area contributed by atoms with E-state index >= 15 is 0 Å². The van der Waals surface area contributed by atoms with Gasteiger partial charge in [-0.25, -0.2) is 4.79 Å². The Bertz CT molecular complexity index is 650. The molecule has 0 aromatic heterocycles. The number of nitro groups is 1. The van der Waals surface area contributed by atoms with Crippen molar-refractivity contribution in [1.82, 2.24) is 0 Å². The van der Waals surface area contributed by atoms with Crippen LogP contribution < -0.4 is 4.74 Å². The molecule has 0 aliphatic carbocycles. The first-order valence-electron chi connectivity index (χ1n) is 6.10. The highest BCUT2D eigenvalue weighted by Gasteiger charge is 2.37. The third-order valence-electron chi connectivity index (χ3n) is 3.09. The first kappa shape index (κ1) is 14.8. The molecule has 1 heterocycles. The van der Waals surface area contributed by atoms with E-state index in [1.165, 1.54) is 13.2 Å². The van der Waals surface area contributed by atoms with Crippen LogP contribution in [0.4, 0.5) is 5.69 Å². The van der Waals surface area contributed by atoms with E-state index in [2.05, 4.69) is 9.89 Å². The Morgan fingerprint density at radius 3 is 2.71 bits per heavy atom. The molecule has 8 heteroatoms. The molecule has 8 nitrogen and oxygen atoms in total. The van der Waals surface area contributed by atoms with Gasteiger partial charge >= 0.3 is 11.7 Å². The Kier molecular flexibility index (Phi) is 3.54. The van der Waals surface area contributed by atoms with E-state index in [0.717, 1.165) is 6.07 Å². The predicted octanol–water partition coefficient (Wildman–Crippen LogP) is 2.12. The average molecular weight is 294 g/mol. The molecule has 1 aromatic carbocycles. The van der Waals surface area contributed by atoms with Crippen molar-refractivity contribution >= 4 is 17.4 Å². The van der Waals surface area contributed by atoms with Crippen molar-refractivity contribution in [3.63, 3.8) is 0 Å². The van der Waals surface area contributed by atoms with Gasteiger partial charge in [0.2, 0.25) is 5.75 Å². The van der Waals surface area contributed by atoms with Crippen molar-refractivity contribution in [3.05, 3.63) is 33.4 Å². The molecule has 1 N–H and O–H groups in total. The number of carbonyl (C=O) groups is 1. The number of hydrogen-bond acceptors (Lipinski definition) is 7. The van der Waals surface area contributed by atoms with Gasteiger partial charge in [-0.2, -0.15) is 0 Å². The molecule has 0 amide bonds. The minimum atomic E-state index is -0.758. The molecule has 0 unspecified atom stereocenters. The molecule has 21 heavy (non-hydrogen) atoms. The Hall–Kier alpha value is -2.64. The predicted molar refractivity (Wildman–Crippen MR) is 72.1 cm³/mol. The zero-order valence-corrected chi connectivity index (χ0v) is 11.7. The van der Waals surface area contributed by atoms with E-state index in [9.17, 15) is 14.9 Å². The average Bonchev–Trinajstić information content (AvgIpc) is 2.43. The number of fused-ring (bicyclic) bond motifs is 1. The summed E-state index contributed by atoms with van der Waals surface area (Å²) in [4.78, 5) is 22.2. The molecule has 0 saturated heterocycles. The minimum absolute atomic E-state index is 0.00703. The summed E-state index contributed by atoms with van der Waals surface area (Å²) < 4.78 is 10.2. The van der Waals surface area contributed by atoms with Gasteiger partial charge in [0.05, 0.1) is 23.3 Å². The second kappa shape index (κ2) is 5.04. The number of rotatable bonds is 2. The lowest BCUT2D eigenvalue weighted by molar-refractivity contribution is -0.386. The van der Waals surface area contributed by atoms with Crippen molar-refractivity contribution in [1.29, 1.82) is 0 Å². The maximum atomic E-state index is 11.6. The van der Waals surface area contributed by atoms with E-state index < -0.39 is 16.5 Å². The molecule has 0 radical (unpaired) electrons. The van der Waals surface area contributed by atoms with Crippen molar-refractivity contribution in [2.45, 2.75) is 25.9 Å². The van der Waals surface area contributed by atoms with Crippen LogP contribution in [0.25, 0.3) is 0 Å². The molecule has 1 aromatic rings. The number of methoxy groups -OCH3 is 1. The molecule has 0 atom stereocenters. The van der Waals surface area contributed by atoms with Gasteiger partial charge in [-0.3, -0.25) is 10.1 Å². The number of carbonyl (C=O) groups excluding carboxylic acids is 1. The topological polar surface area (TPSA) is 111 Å². The smallest absolute Gasteiger partial charge is 0.338 e. The van der Waals surface area contributed by atoms with Gasteiger partial charge < -0.3 is 14.7 Å². The Morgan fingerprint density at radius 2 is 2.19 bits per heavy atom. The fourth-order valence-corrected chi connectivity index (χ4v) is 2.21. The van der Waals surface area contributed by atoms with E-state index in [1.54, 1.807) is 13.8 Å². The van der Waals surface area contributed by atoms with Crippen molar-refractivity contribution in [2.24, 2.45) is 5.16 Å². The molecule has 0 spiro atoms. The summed E-state index contributed by atoms with van der Waals surface area (Å²) in [5.74, 6) is -0.736. The van der Waals surface area contributed by atoms with E-state index in [1.807, 2.05) is 0 Å². The van der Waals surface area contributed by atoms with E-state index in [0.29, 0.717) is 0 Å². The first-order chi connectivity index (χ1) is 9.79. The van der Waals surface area contributed by atoms with Gasteiger partial charge in [0.15, 0.2) is 0 Å². The van der Waals surface area contributed by atoms with Crippen LogP contribution in [0.1, 0.15) is 36.2 Å². The molecule has 1 aliphatic heterocycles. The maximum Gasteiger partial charge on any atom is 0.338 e. The van der Waals surface area contributed by atoms with Crippen molar-refractivity contribution in [3.8, 4) is 5.75 Å². The highest BCUT2D eigenvalue weighted by molar-refractivity contribution is 6.07. The summed E-state index contributed by atoms with van der Waals surface area (Å²) in [7, 11) is 1.17. The number of ether oxygens (including phenoxy) is 2. The maximum absolute atomic E-state index is 11.6. The second-order valence-corrected chi connectivity index (χ2v) is 5.21. The lowest BCUT2D eigenvalue weighted by atomic mass is 9.91. The van der Waals surface area contributed by atoms with E-state index in [-0.39, 0.29) is 34.7 Å². The molecular formula is C13H14N2O6. The van der Waals surface area contributed by atoms with Crippen LogP contribution in [0.3, 0.4) is 0 Å². The summed E-state index contributed by atoms with van der Waals surface area (Å²) in [6.45, 7) is 3.44. The number of hydrogen-bond donors (Lipinski definition) is 1. The normalized spacial score (nSPS) is 17.8. The van der Waals surface area contributed by atoms with E-state index in [4.69, 9.17) is 9.94 Å². The van der Waals surface area contributed by atoms with Crippen LogP contribution in [-0.2, 0) is 4.74 Å². The summed E-state index contributed by atoms with van der Waals surface area (Å²) in [6, 6.07) is 2.44. The number of oxime groups is 1. The van der Waals surface area contributed by atoms with Gasteiger partial charge in [0.25, 0.3) is 0 Å². The molecule has 112 valence electrons. The number of nitro benzene ring substituents is 1. The second-order valence-electron chi connectivity index (χ2n) is 5.21. The highest BCUT2D eigenvalue weighted by Crippen LogP contribution is 2.41. The van der Waals surface area contributed by atoms with Crippen LogP contribution in [0, 0.1) is 10.1 Å².